The van der Waals surface area contributed by atoms with Gasteiger partial charge in [0.15, 0.2) is 5.16 Å². The molecule has 1 aliphatic rings. The number of fused-ring (bicyclic) bond motifs is 1. The number of hydrogen-bond donors (Lipinski definition) is 1. The summed E-state index contributed by atoms with van der Waals surface area (Å²) in [4.78, 5) is 35.8. The van der Waals surface area contributed by atoms with Crippen LogP contribution in [0.2, 0.25) is 0 Å². The van der Waals surface area contributed by atoms with Gasteiger partial charge in [-0.1, -0.05) is 42.1 Å². The number of anilines is 3. The summed E-state index contributed by atoms with van der Waals surface area (Å²) in [7, 11) is 3.95. The lowest BCUT2D eigenvalue weighted by Crippen LogP contribution is -2.30. The van der Waals surface area contributed by atoms with E-state index >= 15 is 0 Å². The molecule has 1 aliphatic heterocycles. The molecule has 0 spiro atoms. The topological polar surface area (TPSA) is 70.5 Å². The van der Waals surface area contributed by atoms with Crippen LogP contribution in [0.5, 0.6) is 0 Å². The summed E-state index contributed by atoms with van der Waals surface area (Å²) in [5, 5.41) is 4.09. The zero-order valence-corrected chi connectivity index (χ0v) is 22.7. The molecule has 1 aromatic heterocycles. The van der Waals surface area contributed by atoms with Crippen LogP contribution in [0.1, 0.15) is 24.8 Å². The predicted molar refractivity (Wildman–Crippen MR) is 158 cm³/mol. The van der Waals surface area contributed by atoms with E-state index < -0.39 is 0 Å². The highest BCUT2D eigenvalue weighted by molar-refractivity contribution is 7.99. The number of nitrogens with zero attached hydrogens (tertiary/aromatic N) is 4. The quantitative estimate of drug-likeness (QED) is 0.250. The molecule has 5 rings (SSSR count). The minimum atomic E-state index is -0.145. The molecule has 0 unspecified atom stereocenters. The molecule has 1 N–H and O–H groups in total. The number of benzene rings is 3. The smallest absolute Gasteiger partial charge is 0.262 e. The molecular weight excluding hydrogens is 494 g/mol. The van der Waals surface area contributed by atoms with Crippen molar-refractivity contribution in [2.75, 3.05) is 48.1 Å². The summed E-state index contributed by atoms with van der Waals surface area (Å²) < 4.78 is 1.70. The van der Waals surface area contributed by atoms with Gasteiger partial charge in [0, 0.05) is 44.2 Å². The Morgan fingerprint density at radius 2 is 1.71 bits per heavy atom. The van der Waals surface area contributed by atoms with Crippen molar-refractivity contribution in [2.45, 2.75) is 31.0 Å². The second-order valence-corrected chi connectivity index (χ2v) is 10.7. The molecule has 2 heterocycles. The number of piperidine rings is 1. The van der Waals surface area contributed by atoms with Crippen LogP contribution in [-0.2, 0) is 11.3 Å². The first-order chi connectivity index (χ1) is 18.5. The number of amides is 1. The van der Waals surface area contributed by atoms with E-state index in [1.807, 2.05) is 85.7 Å². The van der Waals surface area contributed by atoms with Crippen molar-refractivity contribution >= 4 is 45.6 Å². The Balaban J connectivity index is 1.41. The van der Waals surface area contributed by atoms with E-state index in [1.165, 1.54) is 31.0 Å². The minimum absolute atomic E-state index is 0.0834. The summed E-state index contributed by atoms with van der Waals surface area (Å²) in [5.74, 6) is 0.00209. The molecule has 4 aromatic rings. The molecule has 0 saturated carbocycles. The normalized spacial score (nSPS) is 13.5. The van der Waals surface area contributed by atoms with E-state index in [4.69, 9.17) is 4.98 Å². The molecule has 7 nitrogen and oxygen atoms in total. The van der Waals surface area contributed by atoms with E-state index in [9.17, 15) is 9.59 Å². The van der Waals surface area contributed by atoms with Crippen molar-refractivity contribution in [3.63, 3.8) is 0 Å². The molecule has 8 heteroatoms. The third kappa shape index (κ3) is 6.02. The van der Waals surface area contributed by atoms with Crippen molar-refractivity contribution < 1.29 is 4.79 Å². The van der Waals surface area contributed by atoms with Crippen LogP contribution in [0.25, 0.3) is 10.9 Å². The van der Waals surface area contributed by atoms with Gasteiger partial charge < -0.3 is 15.1 Å². The first kappa shape index (κ1) is 25.9. The summed E-state index contributed by atoms with van der Waals surface area (Å²) in [6.07, 6.45) is 3.60. The molecule has 1 saturated heterocycles. The van der Waals surface area contributed by atoms with Crippen LogP contribution in [0.4, 0.5) is 17.1 Å². The molecule has 0 atom stereocenters. The average molecular weight is 528 g/mol. The van der Waals surface area contributed by atoms with E-state index in [1.54, 1.807) is 4.57 Å². The number of hydrogen-bond acceptors (Lipinski definition) is 6. The third-order valence-electron chi connectivity index (χ3n) is 6.81. The maximum absolute atomic E-state index is 13.8. The van der Waals surface area contributed by atoms with Gasteiger partial charge in [0.05, 0.1) is 23.2 Å². The van der Waals surface area contributed by atoms with Gasteiger partial charge in [-0.2, -0.15) is 0 Å². The van der Waals surface area contributed by atoms with Gasteiger partial charge in [-0.3, -0.25) is 14.2 Å². The third-order valence-corrected chi connectivity index (χ3v) is 7.78. The van der Waals surface area contributed by atoms with Crippen LogP contribution >= 0.6 is 11.8 Å². The summed E-state index contributed by atoms with van der Waals surface area (Å²) in [5.41, 5.74) is 4.45. The van der Waals surface area contributed by atoms with Crippen molar-refractivity contribution in [1.82, 2.24) is 9.55 Å². The Hall–Kier alpha value is -3.78. The van der Waals surface area contributed by atoms with Crippen LogP contribution < -0.4 is 20.7 Å². The fraction of sp³-hybridized carbons (Fsp3) is 0.300. The fourth-order valence-corrected chi connectivity index (χ4v) is 5.52. The summed E-state index contributed by atoms with van der Waals surface area (Å²) in [6.45, 7) is 2.42. The van der Waals surface area contributed by atoms with E-state index in [2.05, 4.69) is 16.3 Å². The molecule has 0 bridgehead atoms. The summed E-state index contributed by atoms with van der Waals surface area (Å²) in [6, 6.07) is 23.6. The van der Waals surface area contributed by atoms with Crippen LogP contribution in [0, 0.1) is 0 Å². The van der Waals surface area contributed by atoms with Gasteiger partial charge in [0.1, 0.15) is 0 Å². The molecule has 1 amide bonds. The lowest BCUT2D eigenvalue weighted by atomic mass is 10.1. The van der Waals surface area contributed by atoms with Crippen LogP contribution in [0.15, 0.2) is 82.7 Å². The Bertz CT molecular complexity index is 1460. The molecule has 3 aromatic carbocycles. The number of carbonyl (C=O) groups excluding carboxylic acids is 1. The molecule has 0 radical (unpaired) electrons. The van der Waals surface area contributed by atoms with E-state index in [-0.39, 0.29) is 17.2 Å². The average Bonchev–Trinajstić information content (AvgIpc) is 2.95. The maximum atomic E-state index is 13.8. The van der Waals surface area contributed by atoms with Gasteiger partial charge in [0.25, 0.3) is 5.56 Å². The predicted octanol–water partition coefficient (Wildman–Crippen LogP) is 5.23. The first-order valence-corrected chi connectivity index (χ1v) is 14.0. The Kier molecular flexibility index (Phi) is 7.98. The monoisotopic (exact) mass is 527 g/mol. The second kappa shape index (κ2) is 11.7. The zero-order chi connectivity index (χ0) is 26.5. The van der Waals surface area contributed by atoms with Gasteiger partial charge in [-0.15, -0.1) is 0 Å². The van der Waals surface area contributed by atoms with Gasteiger partial charge in [-0.05, 0) is 67.3 Å². The highest BCUT2D eigenvalue weighted by Gasteiger charge is 2.17. The SMILES string of the molecule is CN(C)c1ccc(NC(=O)CSc2nc3ccc(N4CCCCC4)cc3c(=O)n2Cc2ccccc2)cc1. The zero-order valence-electron chi connectivity index (χ0n) is 21.9. The highest BCUT2D eigenvalue weighted by atomic mass is 32.2. The molecular formula is C30H33N5O2S. The van der Waals surface area contributed by atoms with Crippen LogP contribution in [0.3, 0.4) is 0 Å². The number of aromatic nitrogens is 2. The lowest BCUT2D eigenvalue weighted by Gasteiger charge is -2.29. The number of nitrogens with one attached hydrogen (secondary N) is 1. The van der Waals surface area contributed by atoms with E-state index in [0.717, 1.165) is 35.7 Å². The molecule has 1 fully saturated rings. The highest BCUT2D eigenvalue weighted by Crippen LogP contribution is 2.25. The fourth-order valence-electron chi connectivity index (χ4n) is 4.72. The van der Waals surface area contributed by atoms with Crippen LogP contribution in [-0.4, -0.2) is 48.4 Å². The van der Waals surface area contributed by atoms with Crippen molar-refractivity contribution in [2.24, 2.45) is 0 Å². The van der Waals surface area contributed by atoms with Gasteiger partial charge in [0.2, 0.25) is 5.91 Å². The summed E-state index contributed by atoms with van der Waals surface area (Å²) >= 11 is 1.28. The minimum Gasteiger partial charge on any atom is -0.378 e. The molecule has 196 valence electrons. The maximum Gasteiger partial charge on any atom is 0.262 e. The number of rotatable bonds is 8. The molecule has 38 heavy (non-hydrogen) atoms. The van der Waals surface area contributed by atoms with Crippen molar-refractivity contribution in [1.29, 1.82) is 0 Å². The van der Waals surface area contributed by atoms with E-state index in [0.29, 0.717) is 22.6 Å². The first-order valence-electron chi connectivity index (χ1n) is 13.0. The lowest BCUT2D eigenvalue weighted by molar-refractivity contribution is -0.113. The van der Waals surface area contributed by atoms with Gasteiger partial charge >= 0.3 is 0 Å². The standard InChI is InChI=1S/C30H33N5O2S/c1-33(2)24-13-11-23(12-14-24)31-28(36)21-38-30-32-27-16-15-25(34-17-7-4-8-18-34)19-26(27)29(37)35(30)20-22-9-5-3-6-10-22/h3,5-6,9-16,19H,4,7-8,17-18,20-21H2,1-2H3,(H,31,36). The molecule has 0 aliphatic carbocycles. The Labute approximate surface area is 227 Å². The Morgan fingerprint density at radius 3 is 2.42 bits per heavy atom. The van der Waals surface area contributed by atoms with Crippen molar-refractivity contribution in [3.05, 3.63) is 88.7 Å². The number of thioether (sulfide) groups is 1. The number of carbonyl (C=O) groups is 1. The second-order valence-electron chi connectivity index (χ2n) is 9.80. The Morgan fingerprint density at radius 1 is 0.974 bits per heavy atom. The van der Waals surface area contributed by atoms with Gasteiger partial charge in [-0.25, -0.2) is 4.98 Å². The van der Waals surface area contributed by atoms with Crippen molar-refractivity contribution in [3.8, 4) is 0 Å². The largest absolute Gasteiger partial charge is 0.378 e.